The summed E-state index contributed by atoms with van der Waals surface area (Å²) < 4.78 is 11.7. The Morgan fingerprint density at radius 1 is 1.10 bits per heavy atom. The van der Waals surface area contributed by atoms with E-state index in [1.807, 2.05) is 6.92 Å². The molecule has 2 amide bonds. The van der Waals surface area contributed by atoms with E-state index in [-0.39, 0.29) is 24.1 Å². The lowest BCUT2D eigenvalue weighted by molar-refractivity contribution is -0.127. The summed E-state index contributed by atoms with van der Waals surface area (Å²) in [6.07, 6.45) is -0.0129. The zero-order valence-corrected chi connectivity index (χ0v) is 18.2. The monoisotopic (exact) mass is 458 g/mol. The maximum atomic E-state index is 13.3. The number of hydrogen-bond acceptors (Lipinski definition) is 4. The molecule has 0 saturated heterocycles. The van der Waals surface area contributed by atoms with Crippen LogP contribution < -0.4 is 15.0 Å². The summed E-state index contributed by atoms with van der Waals surface area (Å²) in [5, 5.41) is 3.56. The molecular formula is C23H20Cl2N2O4. The zero-order valence-electron chi connectivity index (χ0n) is 16.7. The fourth-order valence-electron chi connectivity index (χ4n) is 3.35. The van der Waals surface area contributed by atoms with Gasteiger partial charge in [0.2, 0.25) is 0 Å². The number of amides is 2. The molecule has 6 nitrogen and oxygen atoms in total. The average Bonchev–Trinajstić information content (AvgIpc) is 3.28. The molecule has 0 spiro atoms. The molecule has 4 rings (SSSR count). The Bertz CT molecular complexity index is 1130. The second-order valence-corrected chi connectivity index (χ2v) is 7.83. The molecule has 1 N–H and O–H groups in total. The van der Waals surface area contributed by atoms with Gasteiger partial charge in [-0.3, -0.25) is 14.5 Å². The maximum absolute atomic E-state index is 13.3. The molecule has 1 unspecified atom stereocenters. The van der Waals surface area contributed by atoms with Crippen LogP contribution in [0.5, 0.6) is 5.75 Å². The van der Waals surface area contributed by atoms with Gasteiger partial charge >= 0.3 is 0 Å². The molecule has 2 aromatic carbocycles. The molecule has 8 heteroatoms. The topological polar surface area (TPSA) is 71.8 Å². The number of ether oxygens (including phenoxy) is 1. The molecule has 0 radical (unpaired) electrons. The van der Waals surface area contributed by atoms with Gasteiger partial charge in [-0.15, -0.1) is 0 Å². The fourth-order valence-corrected chi connectivity index (χ4v) is 3.74. The number of benzene rings is 2. The summed E-state index contributed by atoms with van der Waals surface area (Å²) in [5.74, 6) is 0.363. The van der Waals surface area contributed by atoms with Crippen molar-refractivity contribution in [1.29, 1.82) is 0 Å². The van der Waals surface area contributed by atoms with E-state index < -0.39 is 6.10 Å². The minimum atomic E-state index is -0.817. The maximum Gasteiger partial charge on any atom is 0.294 e. The highest BCUT2D eigenvalue weighted by molar-refractivity contribution is 6.43. The molecule has 0 aliphatic carbocycles. The summed E-state index contributed by atoms with van der Waals surface area (Å²) in [4.78, 5) is 27.3. The Morgan fingerprint density at radius 2 is 1.90 bits per heavy atom. The first kappa shape index (κ1) is 21.3. The Kier molecular flexibility index (Phi) is 6.20. The summed E-state index contributed by atoms with van der Waals surface area (Å²) in [6, 6.07) is 15.5. The third kappa shape index (κ3) is 4.27. The Labute approximate surface area is 189 Å². The number of nitrogens with one attached hydrogen (secondary N) is 1. The van der Waals surface area contributed by atoms with Gasteiger partial charge in [0, 0.05) is 12.1 Å². The number of para-hydroxylation sites is 2. The van der Waals surface area contributed by atoms with Crippen LogP contribution in [0, 0.1) is 0 Å². The van der Waals surface area contributed by atoms with Crippen molar-refractivity contribution in [3.63, 3.8) is 0 Å². The number of fused-ring (bicyclic) bond motifs is 1. The summed E-state index contributed by atoms with van der Waals surface area (Å²) in [6.45, 7) is 2.57. The van der Waals surface area contributed by atoms with E-state index >= 15 is 0 Å². The van der Waals surface area contributed by atoms with E-state index in [9.17, 15) is 9.59 Å². The van der Waals surface area contributed by atoms with Crippen LogP contribution in [0.3, 0.4) is 0 Å². The average molecular weight is 459 g/mol. The fraction of sp³-hybridized carbons (Fsp3) is 0.217. The van der Waals surface area contributed by atoms with Gasteiger partial charge in [0.25, 0.3) is 11.8 Å². The van der Waals surface area contributed by atoms with E-state index in [0.717, 1.165) is 6.42 Å². The highest BCUT2D eigenvalue weighted by Crippen LogP contribution is 2.37. The first-order valence-electron chi connectivity index (χ1n) is 9.89. The molecule has 160 valence electrons. The highest BCUT2D eigenvalue weighted by Gasteiger charge is 2.35. The number of carbonyl (C=O) groups is 2. The standard InChI is InChI=1S/C23H20Cl2N2O4/c1-2-12-26-22(28)20-13-27(16-8-3-4-9-18(16)31-20)23(29)19-11-10-17(30-19)14-6-5-7-15(24)21(14)25/h3-11,20H,2,12-13H2,1H3,(H,26,28). The SMILES string of the molecule is CCCNC(=O)C1CN(C(=O)c2ccc(-c3cccc(Cl)c3Cl)o2)c2ccccc2O1. The minimum Gasteiger partial charge on any atom is -0.477 e. The van der Waals surface area contributed by atoms with Crippen molar-refractivity contribution in [3.05, 3.63) is 70.4 Å². The smallest absolute Gasteiger partial charge is 0.294 e. The molecule has 1 aliphatic heterocycles. The summed E-state index contributed by atoms with van der Waals surface area (Å²) in [7, 11) is 0. The van der Waals surface area contributed by atoms with Gasteiger partial charge in [-0.1, -0.05) is 48.3 Å². The van der Waals surface area contributed by atoms with Gasteiger partial charge in [-0.25, -0.2) is 0 Å². The van der Waals surface area contributed by atoms with E-state index in [1.165, 1.54) is 4.90 Å². The van der Waals surface area contributed by atoms with Crippen molar-refractivity contribution in [2.24, 2.45) is 0 Å². The molecule has 1 atom stereocenters. The van der Waals surface area contributed by atoms with Crippen molar-refractivity contribution < 1.29 is 18.7 Å². The largest absolute Gasteiger partial charge is 0.477 e. The minimum absolute atomic E-state index is 0.0688. The lowest BCUT2D eigenvalue weighted by Gasteiger charge is -2.33. The van der Waals surface area contributed by atoms with Gasteiger partial charge in [-0.05, 0) is 42.8 Å². The molecule has 1 aromatic heterocycles. The van der Waals surface area contributed by atoms with Crippen molar-refractivity contribution >= 4 is 40.7 Å². The van der Waals surface area contributed by atoms with Crippen molar-refractivity contribution in [2.45, 2.75) is 19.4 Å². The molecule has 31 heavy (non-hydrogen) atoms. The summed E-state index contributed by atoms with van der Waals surface area (Å²) in [5.41, 5.74) is 1.16. The van der Waals surface area contributed by atoms with Crippen LogP contribution >= 0.6 is 23.2 Å². The molecule has 1 aliphatic rings. The van der Waals surface area contributed by atoms with Gasteiger partial charge in [-0.2, -0.15) is 0 Å². The number of halogens is 2. The predicted molar refractivity (Wildman–Crippen MR) is 120 cm³/mol. The van der Waals surface area contributed by atoms with Gasteiger partial charge < -0.3 is 14.5 Å². The second kappa shape index (κ2) is 9.04. The zero-order chi connectivity index (χ0) is 22.0. The van der Waals surface area contributed by atoms with Crippen LogP contribution in [-0.4, -0.2) is 31.0 Å². The number of furan rings is 1. The molecular weight excluding hydrogens is 439 g/mol. The lowest BCUT2D eigenvalue weighted by atomic mass is 10.1. The van der Waals surface area contributed by atoms with Gasteiger partial charge in [0.15, 0.2) is 11.9 Å². The third-order valence-electron chi connectivity index (χ3n) is 4.89. The van der Waals surface area contributed by atoms with Crippen LogP contribution in [0.25, 0.3) is 11.3 Å². The Morgan fingerprint density at radius 3 is 2.71 bits per heavy atom. The van der Waals surface area contributed by atoms with Gasteiger partial charge in [0.1, 0.15) is 11.5 Å². The molecule has 3 aromatic rings. The normalized spacial score (nSPS) is 15.2. The van der Waals surface area contributed by atoms with E-state index in [2.05, 4.69) is 5.32 Å². The number of nitrogens with zero attached hydrogens (tertiary/aromatic N) is 1. The first-order valence-corrected chi connectivity index (χ1v) is 10.6. The number of anilines is 1. The van der Waals surface area contributed by atoms with Crippen molar-refractivity contribution in [2.75, 3.05) is 18.0 Å². The van der Waals surface area contributed by atoms with Crippen LogP contribution in [0.15, 0.2) is 59.0 Å². The Balaban J connectivity index is 1.63. The summed E-state index contributed by atoms with van der Waals surface area (Å²) >= 11 is 12.4. The number of hydrogen-bond donors (Lipinski definition) is 1. The highest BCUT2D eigenvalue weighted by atomic mass is 35.5. The predicted octanol–water partition coefficient (Wildman–Crippen LogP) is 5.19. The molecule has 0 fully saturated rings. The quantitative estimate of drug-likeness (QED) is 0.570. The number of rotatable bonds is 5. The Hall–Kier alpha value is -2.96. The molecule has 0 bridgehead atoms. The molecule has 0 saturated carbocycles. The van der Waals surface area contributed by atoms with E-state index in [0.29, 0.717) is 39.4 Å². The van der Waals surface area contributed by atoms with Crippen molar-refractivity contribution in [3.8, 4) is 17.1 Å². The van der Waals surface area contributed by atoms with Crippen LogP contribution in [-0.2, 0) is 4.79 Å². The van der Waals surface area contributed by atoms with Gasteiger partial charge in [0.05, 0.1) is 22.3 Å². The van der Waals surface area contributed by atoms with Crippen LogP contribution in [0.1, 0.15) is 23.9 Å². The lowest BCUT2D eigenvalue weighted by Crippen LogP contribution is -2.50. The third-order valence-corrected chi connectivity index (χ3v) is 5.71. The van der Waals surface area contributed by atoms with Crippen LogP contribution in [0.2, 0.25) is 10.0 Å². The second-order valence-electron chi connectivity index (χ2n) is 7.05. The van der Waals surface area contributed by atoms with E-state index in [4.69, 9.17) is 32.4 Å². The van der Waals surface area contributed by atoms with Crippen molar-refractivity contribution in [1.82, 2.24) is 5.32 Å². The molecule has 2 heterocycles. The first-order chi connectivity index (χ1) is 15.0. The van der Waals surface area contributed by atoms with Crippen LogP contribution in [0.4, 0.5) is 5.69 Å². The number of carbonyl (C=O) groups excluding carboxylic acids is 2. The van der Waals surface area contributed by atoms with E-state index in [1.54, 1.807) is 54.6 Å².